The van der Waals surface area contributed by atoms with Crippen LogP contribution in [0, 0.1) is 0 Å². The zero-order valence-corrected chi connectivity index (χ0v) is 19.3. The maximum Gasteiger partial charge on any atom is 0.255 e. The molecule has 1 fully saturated rings. The minimum absolute atomic E-state index is 0.00289. The van der Waals surface area contributed by atoms with Crippen molar-refractivity contribution in [2.75, 3.05) is 23.8 Å². The van der Waals surface area contributed by atoms with Crippen LogP contribution in [0.5, 0.6) is 5.75 Å². The van der Waals surface area contributed by atoms with Gasteiger partial charge in [0, 0.05) is 41.9 Å². The lowest BCUT2D eigenvalue weighted by atomic mass is 10.1. The quantitative estimate of drug-likeness (QED) is 0.278. The molecule has 0 bridgehead atoms. The Kier molecular flexibility index (Phi) is 12.4. The number of nitrogens with one attached hydrogen (secondary N) is 1. The Labute approximate surface area is 183 Å². The minimum atomic E-state index is -0.250. The largest absolute Gasteiger partial charge is 0.507 e. The summed E-state index contributed by atoms with van der Waals surface area (Å²) in [7, 11) is 7.46. The van der Waals surface area contributed by atoms with Crippen LogP contribution >= 0.6 is 43.2 Å². The summed E-state index contributed by atoms with van der Waals surface area (Å²) in [5.41, 5.74) is 0.305. The van der Waals surface area contributed by atoms with Crippen LogP contribution in [0.4, 0.5) is 0 Å². The van der Waals surface area contributed by atoms with Crippen LogP contribution in [-0.4, -0.2) is 45.9 Å². The van der Waals surface area contributed by atoms with E-state index in [-0.39, 0.29) is 11.7 Å². The Morgan fingerprint density at radius 3 is 2.68 bits per heavy atom. The second-order valence-electron chi connectivity index (χ2n) is 6.63. The number of amides is 1. The summed E-state index contributed by atoms with van der Waals surface area (Å²) in [4.78, 5) is 23.8. The summed E-state index contributed by atoms with van der Waals surface area (Å²) >= 11 is 0. The first-order valence-electron chi connectivity index (χ1n) is 9.77. The highest BCUT2D eigenvalue weighted by atomic mass is 33.1. The highest BCUT2D eigenvalue weighted by molar-refractivity contribution is 8.77. The molecule has 1 amide bonds. The number of rotatable bonds is 14. The predicted molar refractivity (Wildman–Crippen MR) is 127 cm³/mol. The molecule has 0 radical (unpaired) electrons. The van der Waals surface area contributed by atoms with E-state index in [0.717, 1.165) is 36.0 Å². The van der Waals surface area contributed by atoms with Crippen molar-refractivity contribution >= 4 is 54.9 Å². The van der Waals surface area contributed by atoms with Crippen LogP contribution in [0.25, 0.3) is 0 Å². The Morgan fingerprint density at radius 1 is 1.11 bits per heavy atom. The van der Waals surface area contributed by atoms with E-state index in [9.17, 15) is 14.7 Å². The molecule has 0 unspecified atom stereocenters. The minimum Gasteiger partial charge on any atom is -0.507 e. The first-order valence-corrected chi connectivity index (χ1v) is 14.6. The summed E-state index contributed by atoms with van der Waals surface area (Å²) in [6.07, 6.45) is 7.16. The third kappa shape index (κ3) is 9.85. The van der Waals surface area contributed by atoms with Crippen LogP contribution in [0.3, 0.4) is 0 Å². The van der Waals surface area contributed by atoms with E-state index >= 15 is 0 Å². The smallest absolute Gasteiger partial charge is 0.255 e. The topological polar surface area (TPSA) is 66.4 Å². The number of benzene rings is 1. The van der Waals surface area contributed by atoms with E-state index in [2.05, 4.69) is 5.32 Å². The molecule has 1 aromatic rings. The number of hydrogen-bond donors (Lipinski definition) is 2. The molecule has 0 saturated carbocycles. The lowest BCUT2D eigenvalue weighted by Crippen LogP contribution is -2.25. The first-order chi connectivity index (χ1) is 13.7. The SMILES string of the molecule is O=C(CCCC[C@H]1CCSS1)CCCSSCCNC(=O)c1ccccc1O. The molecule has 1 aromatic carbocycles. The van der Waals surface area contributed by atoms with Gasteiger partial charge < -0.3 is 10.4 Å². The number of carbonyl (C=O) groups is 2. The van der Waals surface area contributed by atoms with Gasteiger partial charge in [0.15, 0.2) is 0 Å². The number of carbonyl (C=O) groups excluding carboxylic acids is 2. The van der Waals surface area contributed by atoms with Gasteiger partial charge in [-0.05, 0) is 37.8 Å². The van der Waals surface area contributed by atoms with Crippen LogP contribution < -0.4 is 5.32 Å². The molecular weight excluding hydrogens is 430 g/mol. The average molecular weight is 460 g/mol. The number of para-hydroxylation sites is 1. The molecular formula is C20H29NO3S4. The summed E-state index contributed by atoms with van der Waals surface area (Å²) in [6.45, 7) is 0.557. The Bertz CT molecular complexity index is 609. The van der Waals surface area contributed by atoms with Crippen molar-refractivity contribution in [3.63, 3.8) is 0 Å². The van der Waals surface area contributed by atoms with Crippen molar-refractivity contribution in [1.29, 1.82) is 0 Å². The van der Waals surface area contributed by atoms with Gasteiger partial charge >= 0.3 is 0 Å². The van der Waals surface area contributed by atoms with Crippen molar-refractivity contribution in [2.24, 2.45) is 0 Å². The van der Waals surface area contributed by atoms with Gasteiger partial charge in [0.2, 0.25) is 0 Å². The molecule has 2 N–H and O–H groups in total. The van der Waals surface area contributed by atoms with Gasteiger partial charge in [-0.25, -0.2) is 0 Å². The standard InChI is InChI=1S/C20H29NO3S4/c22-16(6-1-2-8-17-11-14-27-28-17)7-5-13-25-26-15-12-21-20(24)18-9-3-4-10-19(18)23/h3-4,9-10,17,23H,1-2,5-8,11-15H2,(H,21,24)/t17-/m0/s1. The second kappa shape index (κ2) is 14.5. The Hall–Kier alpha value is -0.440. The van der Waals surface area contributed by atoms with Crippen molar-refractivity contribution in [3.05, 3.63) is 29.8 Å². The number of unbranched alkanes of at least 4 members (excludes halogenated alkanes) is 1. The first kappa shape index (κ1) is 23.8. The molecule has 8 heteroatoms. The van der Waals surface area contributed by atoms with E-state index in [1.165, 1.54) is 31.1 Å². The summed E-state index contributed by atoms with van der Waals surface area (Å²) in [5, 5.41) is 13.3. The average Bonchev–Trinajstić information content (AvgIpc) is 3.21. The monoisotopic (exact) mass is 459 g/mol. The molecule has 1 saturated heterocycles. The number of phenols is 1. The van der Waals surface area contributed by atoms with E-state index < -0.39 is 0 Å². The zero-order chi connectivity index (χ0) is 20.0. The maximum absolute atomic E-state index is 11.9. The highest BCUT2D eigenvalue weighted by Crippen LogP contribution is 2.39. The van der Waals surface area contributed by atoms with Gasteiger partial charge in [0.05, 0.1) is 5.56 Å². The van der Waals surface area contributed by atoms with Gasteiger partial charge in [-0.2, -0.15) is 0 Å². The third-order valence-electron chi connectivity index (χ3n) is 4.35. The summed E-state index contributed by atoms with van der Waals surface area (Å²) in [5.74, 6) is 3.19. The van der Waals surface area contributed by atoms with Crippen LogP contribution in [0.2, 0.25) is 0 Å². The molecule has 156 valence electrons. The fourth-order valence-corrected chi connectivity index (χ4v) is 7.82. The van der Waals surface area contributed by atoms with E-state index in [1.807, 2.05) is 21.6 Å². The molecule has 2 rings (SSSR count). The van der Waals surface area contributed by atoms with Crippen LogP contribution in [-0.2, 0) is 4.79 Å². The Morgan fingerprint density at radius 2 is 1.89 bits per heavy atom. The molecule has 1 aliphatic heterocycles. The molecule has 28 heavy (non-hydrogen) atoms. The lowest BCUT2D eigenvalue weighted by Gasteiger charge is -2.07. The van der Waals surface area contributed by atoms with Crippen molar-refractivity contribution in [2.45, 2.75) is 50.2 Å². The fraction of sp³-hybridized carbons (Fsp3) is 0.600. The Balaban J connectivity index is 1.38. The van der Waals surface area contributed by atoms with Gasteiger partial charge in [-0.1, -0.05) is 61.7 Å². The number of ketones is 1. The van der Waals surface area contributed by atoms with Crippen molar-refractivity contribution in [3.8, 4) is 5.75 Å². The lowest BCUT2D eigenvalue weighted by molar-refractivity contribution is -0.119. The van der Waals surface area contributed by atoms with Crippen LogP contribution in [0.15, 0.2) is 24.3 Å². The number of Topliss-reactive ketones (excluding diaryl/α,β-unsaturated/α-hetero) is 1. The van der Waals surface area contributed by atoms with E-state index in [4.69, 9.17) is 0 Å². The van der Waals surface area contributed by atoms with E-state index in [1.54, 1.807) is 39.8 Å². The fourth-order valence-electron chi connectivity index (χ4n) is 2.80. The number of hydrogen-bond acceptors (Lipinski definition) is 7. The molecule has 4 nitrogen and oxygen atoms in total. The zero-order valence-electron chi connectivity index (χ0n) is 16.1. The van der Waals surface area contributed by atoms with Gasteiger partial charge in [0.25, 0.3) is 5.91 Å². The molecule has 1 atom stereocenters. The molecule has 1 heterocycles. The predicted octanol–water partition coefficient (Wildman–Crippen LogP) is 5.57. The van der Waals surface area contributed by atoms with Gasteiger partial charge in [-0.15, -0.1) is 0 Å². The number of phenolic OH excluding ortho intramolecular Hbond substituents is 1. The van der Waals surface area contributed by atoms with E-state index in [0.29, 0.717) is 24.3 Å². The molecule has 0 aliphatic carbocycles. The molecule has 0 spiro atoms. The van der Waals surface area contributed by atoms with Crippen molar-refractivity contribution < 1.29 is 14.7 Å². The normalized spacial score (nSPS) is 16.2. The molecule has 1 aliphatic rings. The van der Waals surface area contributed by atoms with Crippen molar-refractivity contribution in [1.82, 2.24) is 5.32 Å². The maximum atomic E-state index is 11.9. The summed E-state index contributed by atoms with van der Waals surface area (Å²) in [6, 6.07) is 6.54. The third-order valence-corrected chi connectivity index (χ3v) is 9.84. The van der Waals surface area contributed by atoms with Crippen LogP contribution in [0.1, 0.15) is 55.3 Å². The number of aromatic hydroxyl groups is 1. The molecule has 0 aromatic heterocycles. The highest BCUT2D eigenvalue weighted by Gasteiger charge is 2.15. The van der Waals surface area contributed by atoms with Gasteiger partial charge in [-0.3, -0.25) is 9.59 Å². The summed E-state index contributed by atoms with van der Waals surface area (Å²) < 4.78 is 0. The second-order valence-corrected chi connectivity index (χ2v) is 12.1. The van der Waals surface area contributed by atoms with Gasteiger partial charge in [0.1, 0.15) is 11.5 Å².